The molecule has 0 saturated heterocycles. The second kappa shape index (κ2) is 3.95. The van der Waals surface area contributed by atoms with Gasteiger partial charge in [-0.15, -0.1) is 0 Å². The molecule has 1 aliphatic carbocycles. The average Bonchev–Trinajstić information content (AvgIpc) is 2.11. The van der Waals surface area contributed by atoms with Crippen LogP contribution in [0.2, 0.25) is 0 Å². The Morgan fingerprint density at radius 1 is 1.31 bits per heavy atom. The van der Waals surface area contributed by atoms with Gasteiger partial charge in [-0.1, -0.05) is 0 Å². The molecule has 1 aromatic carbocycles. The number of ether oxygens (including phenoxy) is 1. The first-order chi connectivity index (χ1) is 7.47. The van der Waals surface area contributed by atoms with E-state index in [1.165, 1.54) is 18.2 Å². The summed E-state index contributed by atoms with van der Waals surface area (Å²) in [5, 5.41) is 5.03. The minimum absolute atomic E-state index is 0.0241. The van der Waals surface area contributed by atoms with E-state index >= 15 is 0 Å². The van der Waals surface area contributed by atoms with Crippen LogP contribution >= 0.6 is 0 Å². The molecule has 0 amide bonds. The van der Waals surface area contributed by atoms with Crippen LogP contribution in [0.25, 0.3) is 0 Å². The molecule has 0 heterocycles. The van der Waals surface area contributed by atoms with Crippen molar-refractivity contribution in [2.45, 2.75) is 30.3 Å². The predicted molar refractivity (Wildman–Crippen MR) is 60.5 cm³/mol. The average molecular weight is 242 g/mol. The van der Waals surface area contributed by atoms with Crippen molar-refractivity contribution >= 4 is 15.7 Å². The summed E-state index contributed by atoms with van der Waals surface area (Å²) in [6, 6.07) is 4.25. The standard InChI is InChI=1S/C10H14N2O3S/c11-9-5-4-8(16(12,13)14)6-10(9)15-7-2-1-3-7/h4-7H,1-3,11H2,(H2,12,13,14). The van der Waals surface area contributed by atoms with Gasteiger partial charge in [0.15, 0.2) is 0 Å². The Balaban J connectivity index is 2.28. The van der Waals surface area contributed by atoms with Gasteiger partial charge in [0.2, 0.25) is 10.0 Å². The summed E-state index contributed by atoms with van der Waals surface area (Å²) in [7, 11) is -3.70. The molecule has 6 heteroatoms. The monoisotopic (exact) mass is 242 g/mol. The van der Waals surface area contributed by atoms with Crippen molar-refractivity contribution in [3.05, 3.63) is 18.2 Å². The molecule has 16 heavy (non-hydrogen) atoms. The summed E-state index contributed by atoms with van der Waals surface area (Å²) in [5.41, 5.74) is 6.13. The number of hydrogen-bond acceptors (Lipinski definition) is 4. The molecule has 0 radical (unpaired) electrons. The highest BCUT2D eigenvalue weighted by Crippen LogP contribution is 2.30. The highest BCUT2D eigenvalue weighted by Gasteiger charge is 2.21. The van der Waals surface area contributed by atoms with Crippen LogP contribution in [0, 0.1) is 0 Å². The van der Waals surface area contributed by atoms with E-state index < -0.39 is 10.0 Å². The lowest BCUT2D eigenvalue weighted by atomic mass is 9.96. The highest BCUT2D eigenvalue weighted by molar-refractivity contribution is 7.89. The minimum atomic E-state index is -3.70. The molecule has 1 saturated carbocycles. The van der Waals surface area contributed by atoms with Crippen LogP contribution in [0.3, 0.4) is 0 Å². The predicted octanol–water partition coefficient (Wildman–Crippen LogP) is 0.847. The summed E-state index contributed by atoms with van der Waals surface area (Å²) < 4.78 is 27.9. The van der Waals surface area contributed by atoms with Gasteiger partial charge < -0.3 is 10.5 Å². The van der Waals surface area contributed by atoms with E-state index in [0.29, 0.717) is 11.4 Å². The number of rotatable bonds is 3. The van der Waals surface area contributed by atoms with Crippen LogP contribution in [0.1, 0.15) is 19.3 Å². The SMILES string of the molecule is Nc1ccc(S(N)(=O)=O)cc1OC1CCC1. The first-order valence-electron chi connectivity index (χ1n) is 5.06. The van der Waals surface area contributed by atoms with E-state index in [2.05, 4.69) is 0 Å². The summed E-state index contributed by atoms with van der Waals surface area (Å²) >= 11 is 0. The molecule has 1 fully saturated rings. The van der Waals surface area contributed by atoms with Crippen LogP contribution in [0.15, 0.2) is 23.1 Å². The Labute approximate surface area is 94.4 Å². The van der Waals surface area contributed by atoms with Crippen LogP contribution in [-0.2, 0) is 10.0 Å². The summed E-state index contributed by atoms with van der Waals surface area (Å²) in [6.07, 6.45) is 3.26. The molecule has 5 nitrogen and oxygen atoms in total. The van der Waals surface area contributed by atoms with Gasteiger partial charge in [-0.2, -0.15) is 0 Å². The van der Waals surface area contributed by atoms with E-state index in [4.69, 9.17) is 15.6 Å². The molecule has 0 atom stereocenters. The van der Waals surface area contributed by atoms with E-state index in [-0.39, 0.29) is 11.0 Å². The molecule has 0 aromatic heterocycles. The normalized spacial score (nSPS) is 16.8. The maximum Gasteiger partial charge on any atom is 0.238 e. The van der Waals surface area contributed by atoms with Crippen molar-refractivity contribution in [2.24, 2.45) is 5.14 Å². The third-order valence-corrected chi connectivity index (χ3v) is 3.57. The number of nitrogens with two attached hydrogens (primary N) is 2. The van der Waals surface area contributed by atoms with Crippen molar-refractivity contribution in [2.75, 3.05) is 5.73 Å². The largest absolute Gasteiger partial charge is 0.488 e. The van der Waals surface area contributed by atoms with E-state index in [9.17, 15) is 8.42 Å². The lowest BCUT2D eigenvalue weighted by Crippen LogP contribution is -2.25. The molecule has 1 aromatic rings. The fourth-order valence-corrected chi connectivity index (χ4v) is 1.99. The third-order valence-electron chi connectivity index (χ3n) is 2.66. The van der Waals surface area contributed by atoms with Crippen LogP contribution in [-0.4, -0.2) is 14.5 Å². The number of benzene rings is 1. The second-order valence-corrected chi connectivity index (χ2v) is 5.48. The van der Waals surface area contributed by atoms with Gasteiger partial charge in [0, 0.05) is 6.07 Å². The van der Waals surface area contributed by atoms with Gasteiger partial charge in [0.1, 0.15) is 5.75 Å². The Hall–Kier alpha value is -1.27. The smallest absolute Gasteiger partial charge is 0.238 e. The maximum atomic E-state index is 11.1. The Morgan fingerprint density at radius 2 is 2.00 bits per heavy atom. The number of primary sulfonamides is 1. The fourth-order valence-electron chi connectivity index (χ4n) is 1.46. The maximum absolute atomic E-state index is 11.1. The molecule has 0 unspecified atom stereocenters. The molecule has 2 rings (SSSR count). The first kappa shape index (κ1) is 11.2. The molecule has 4 N–H and O–H groups in total. The lowest BCUT2D eigenvalue weighted by molar-refractivity contribution is 0.121. The number of sulfonamides is 1. The zero-order chi connectivity index (χ0) is 11.8. The quantitative estimate of drug-likeness (QED) is 0.768. The summed E-state index contributed by atoms with van der Waals surface area (Å²) in [5.74, 6) is 0.399. The van der Waals surface area contributed by atoms with E-state index in [1.54, 1.807) is 0 Å². The highest BCUT2D eigenvalue weighted by atomic mass is 32.2. The molecule has 88 valence electrons. The number of hydrogen-bond donors (Lipinski definition) is 2. The summed E-state index contributed by atoms with van der Waals surface area (Å²) in [6.45, 7) is 0. The number of nitrogen functional groups attached to an aromatic ring is 1. The van der Waals surface area contributed by atoms with Gasteiger partial charge in [-0.3, -0.25) is 0 Å². The zero-order valence-electron chi connectivity index (χ0n) is 8.72. The van der Waals surface area contributed by atoms with Crippen molar-refractivity contribution in [1.82, 2.24) is 0 Å². The van der Waals surface area contributed by atoms with Crippen LogP contribution in [0.4, 0.5) is 5.69 Å². The minimum Gasteiger partial charge on any atom is -0.488 e. The second-order valence-electron chi connectivity index (χ2n) is 3.92. The first-order valence-corrected chi connectivity index (χ1v) is 6.60. The van der Waals surface area contributed by atoms with Gasteiger partial charge in [0.25, 0.3) is 0 Å². The van der Waals surface area contributed by atoms with Crippen molar-refractivity contribution in [3.8, 4) is 5.75 Å². The van der Waals surface area contributed by atoms with Crippen molar-refractivity contribution < 1.29 is 13.2 Å². The van der Waals surface area contributed by atoms with Crippen LogP contribution in [0.5, 0.6) is 5.75 Å². The lowest BCUT2D eigenvalue weighted by Gasteiger charge is -2.27. The van der Waals surface area contributed by atoms with Gasteiger partial charge >= 0.3 is 0 Å². The van der Waals surface area contributed by atoms with Gasteiger partial charge in [-0.05, 0) is 31.4 Å². The summed E-state index contributed by atoms with van der Waals surface area (Å²) in [4.78, 5) is 0.0241. The molecule has 0 aliphatic heterocycles. The fraction of sp³-hybridized carbons (Fsp3) is 0.400. The van der Waals surface area contributed by atoms with Crippen molar-refractivity contribution in [3.63, 3.8) is 0 Å². The molecule has 0 spiro atoms. The molecular formula is C10H14N2O3S. The van der Waals surface area contributed by atoms with Gasteiger partial charge in [-0.25, -0.2) is 13.6 Å². The van der Waals surface area contributed by atoms with Crippen LogP contribution < -0.4 is 15.6 Å². The van der Waals surface area contributed by atoms with E-state index in [1.807, 2.05) is 0 Å². The molecular weight excluding hydrogens is 228 g/mol. The van der Waals surface area contributed by atoms with Crippen molar-refractivity contribution in [1.29, 1.82) is 0 Å². The topological polar surface area (TPSA) is 95.4 Å². The molecule has 0 bridgehead atoms. The van der Waals surface area contributed by atoms with Gasteiger partial charge in [0.05, 0.1) is 16.7 Å². The van der Waals surface area contributed by atoms with E-state index in [0.717, 1.165) is 19.3 Å². The molecule has 1 aliphatic rings. The zero-order valence-corrected chi connectivity index (χ0v) is 9.53. The Bertz CT molecular complexity index is 495. The third kappa shape index (κ3) is 2.28. The Morgan fingerprint density at radius 3 is 2.50 bits per heavy atom. The Kier molecular flexibility index (Phi) is 2.77. The number of anilines is 1.